The number of thioether (sulfide) groups is 1. The molecule has 0 saturated carbocycles. The molecule has 0 aliphatic heterocycles. The standard InChI is InChI=1S/C21H24N2O7S2/c1-5-29-20(26)17-12(3)16(18(25)23-21(27)30-6-2)19(32-17)22-15(24)11-31-14-9-7-13(28-4)8-10-14/h7-10H,5-6,11H2,1-4H3,(H,22,24)(H,23,25,27). The summed E-state index contributed by atoms with van der Waals surface area (Å²) < 4.78 is 14.9. The maximum Gasteiger partial charge on any atom is 0.414 e. The highest BCUT2D eigenvalue weighted by molar-refractivity contribution is 8.00. The zero-order valence-corrected chi connectivity index (χ0v) is 19.7. The van der Waals surface area contributed by atoms with Gasteiger partial charge in [-0.1, -0.05) is 0 Å². The summed E-state index contributed by atoms with van der Waals surface area (Å²) in [6, 6.07) is 7.21. The molecule has 0 aliphatic rings. The van der Waals surface area contributed by atoms with Gasteiger partial charge < -0.3 is 19.5 Å². The summed E-state index contributed by atoms with van der Waals surface area (Å²) in [6.07, 6.45) is -0.923. The molecule has 0 unspecified atom stereocenters. The average Bonchev–Trinajstić information content (AvgIpc) is 3.08. The van der Waals surface area contributed by atoms with E-state index in [1.165, 1.54) is 11.8 Å². The van der Waals surface area contributed by atoms with Gasteiger partial charge in [0.15, 0.2) is 0 Å². The first kappa shape index (κ1) is 25.2. The normalized spacial score (nSPS) is 10.2. The van der Waals surface area contributed by atoms with E-state index < -0.39 is 18.0 Å². The topological polar surface area (TPSA) is 120 Å². The number of alkyl carbamates (subject to hydrolysis) is 1. The molecule has 0 radical (unpaired) electrons. The van der Waals surface area contributed by atoms with Crippen molar-refractivity contribution in [3.8, 4) is 5.75 Å². The SMILES string of the molecule is CCOC(=O)NC(=O)c1c(NC(=O)CSc2ccc(OC)cc2)sc(C(=O)OCC)c1C. The Morgan fingerprint density at radius 3 is 2.28 bits per heavy atom. The van der Waals surface area contributed by atoms with E-state index in [2.05, 4.69) is 10.6 Å². The number of thiophene rings is 1. The maximum atomic E-state index is 12.7. The van der Waals surface area contributed by atoms with Crippen LogP contribution in [0.3, 0.4) is 0 Å². The Balaban J connectivity index is 2.20. The first-order chi connectivity index (χ1) is 15.3. The second kappa shape index (κ2) is 12.1. The van der Waals surface area contributed by atoms with Gasteiger partial charge in [0.2, 0.25) is 5.91 Å². The van der Waals surface area contributed by atoms with E-state index >= 15 is 0 Å². The lowest BCUT2D eigenvalue weighted by Gasteiger charge is -2.08. The highest BCUT2D eigenvalue weighted by Gasteiger charge is 2.27. The first-order valence-electron chi connectivity index (χ1n) is 9.65. The second-order valence-electron chi connectivity index (χ2n) is 6.17. The third-order valence-corrected chi connectivity index (χ3v) is 6.21. The van der Waals surface area contributed by atoms with Crippen LogP contribution in [-0.4, -0.2) is 50.0 Å². The molecule has 1 heterocycles. The summed E-state index contributed by atoms with van der Waals surface area (Å²) in [6.45, 7) is 5.05. The van der Waals surface area contributed by atoms with E-state index in [1.54, 1.807) is 40.0 Å². The van der Waals surface area contributed by atoms with Crippen LogP contribution in [-0.2, 0) is 14.3 Å². The predicted molar refractivity (Wildman–Crippen MR) is 122 cm³/mol. The minimum absolute atomic E-state index is 0.00824. The van der Waals surface area contributed by atoms with Gasteiger partial charge in [-0.15, -0.1) is 23.1 Å². The van der Waals surface area contributed by atoms with Crippen LogP contribution in [0, 0.1) is 6.92 Å². The van der Waals surface area contributed by atoms with Gasteiger partial charge in [0.05, 0.1) is 31.6 Å². The molecule has 0 saturated heterocycles. The molecule has 2 aromatic rings. The molecule has 0 aliphatic carbocycles. The number of rotatable bonds is 9. The van der Waals surface area contributed by atoms with E-state index in [4.69, 9.17) is 14.2 Å². The molecule has 1 aromatic heterocycles. The van der Waals surface area contributed by atoms with Gasteiger partial charge >= 0.3 is 12.1 Å². The molecule has 0 bridgehead atoms. The van der Waals surface area contributed by atoms with Gasteiger partial charge in [-0.05, 0) is 50.6 Å². The molecule has 11 heteroatoms. The Morgan fingerprint density at radius 1 is 1.03 bits per heavy atom. The zero-order valence-electron chi connectivity index (χ0n) is 18.1. The molecular weight excluding hydrogens is 456 g/mol. The maximum absolute atomic E-state index is 12.7. The number of ether oxygens (including phenoxy) is 3. The summed E-state index contributed by atoms with van der Waals surface area (Å²) in [5.74, 6) is -1.01. The van der Waals surface area contributed by atoms with Crippen LogP contribution < -0.4 is 15.4 Å². The summed E-state index contributed by atoms with van der Waals surface area (Å²) in [7, 11) is 1.57. The largest absolute Gasteiger partial charge is 0.497 e. The van der Waals surface area contributed by atoms with Crippen LogP contribution in [0.1, 0.15) is 39.4 Å². The smallest absolute Gasteiger partial charge is 0.414 e. The van der Waals surface area contributed by atoms with Gasteiger partial charge in [0.1, 0.15) is 15.6 Å². The van der Waals surface area contributed by atoms with Gasteiger partial charge in [0, 0.05) is 4.90 Å². The van der Waals surface area contributed by atoms with Gasteiger partial charge in [-0.25, -0.2) is 9.59 Å². The van der Waals surface area contributed by atoms with Crippen LogP contribution in [0.5, 0.6) is 5.75 Å². The van der Waals surface area contributed by atoms with Gasteiger partial charge in [-0.2, -0.15) is 0 Å². The van der Waals surface area contributed by atoms with Crippen LogP contribution >= 0.6 is 23.1 Å². The van der Waals surface area contributed by atoms with Gasteiger partial charge in [-0.3, -0.25) is 14.9 Å². The molecule has 32 heavy (non-hydrogen) atoms. The van der Waals surface area contributed by atoms with E-state index in [0.29, 0.717) is 11.3 Å². The fourth-order valence-electron chi connectivity index (χ4n) is 2.57. The lowest BCUT2D eigenvalue weighted by Crippen LogP contribution is -2.32. The van der Waals surface area contributed by atoms with E-state index in [0.717, 1.165) is 16.2 Å². The zero-order chi connectivity index (χ0) is 23.7. The van der Waals surface area contributed by atoms with Crippen LogP contribution in [0.4, 0.5) is 9.80 Å². The minimum Gasteiger partial charge on any atom is -0.497 e. The highest BCUT2D eigenvalue weighted by Crippen LogP contribution is 2.34. The number of anilines is 1. The third-order valence-electron chi connectivity index (χ3n) is 4.01. The summed E-state index contributed by atoms with van der Waals surface area (Å²) >= 11 is 2.21. The Labute approximate surface area is 193 Å². The number of benzene rings is 1. The number of nitrogens with one attached hydrogen (secondary N) is 2. The number of esters is 1. The van der Waals surface area contributed by atoms with Crippen molar-refractivity contribution in [2.75, 3.05) is 31.4 Å². The number of carbonyl (C=O) groups is 4. The van der Waals surface area contributed by atoms with Crippen molar-refractivity contribution in [1.82, 2.24) is 5.32 Å². The third kappa shape index (κ3) is 6.72. The highest BCUT2D eigenvalue weighted by atomic mass is 32.2. The van der Waals surface area contributed by atoms with E-state index in [-0.39, 0.29) is 40.3 Å². The van der Waals surface area contributed by atoms with Gasteiger partial charge in [0.25, 0.3) is 5.91 Å². The van der Waals surface area contributed by atoms with Crippen molar-refractivity contribution in [3.63, 3.8) is 0 Å². The first-order valence-corrected chi connectivity index (χ1v) is 11.5. The minimum atomic E-state index is -0.923. The van der Waals surface area contributed by atoms with Crippen molar-refractivity contribution in [3.05, 3.63) is 40.3 Å². The molecule has 2 N–H and O–H groups in total. The van der Waals surface area contributed by atoms with E-state index in [9.17, 15) is 19.2 Å². The van der Waals surface area contributed by atoms with Crippen LogP contribution in [0.15, 0.2) is 29.2 Å². The Bertz CT molecular complexity index is 987. The summed E-state index contributed by atoms with van der Waals surface area (Å²) in [5, 5.41) is 4.90. The molecule has 0 fully saturated rings. The molecular formula is C21H24N2O7S2. The fourth-order valence-corrected chi connectivity index (χ4v) is 4.38. The fraction of sp³-hybridized carbons (Fsp3) is 0.333. The molecule has 1 aromatic carbocycles. The predicted octanol–water partition coefficient (Wildman–Crippen LogP) is 3.86. The lowest BCUT2D eigenvalue weighted by atomic mass is 10.1. The molecule has 9 nitrogen and oxygen atoms in total. The second-order valence-corrected chi connectivity index (χ2v) is 8.24. The number of methoxy groups -OCH3 is 1. The van der Waals surface area contributed by atoms with Crippen molar-refractivity contribution in [2.45, 2.75) is 25.7 Å². The molecule has 3 amide bonds. The lowest BCUT2D eigenvalue weighted by molar-refractivity contribution is -0.113. The number of hydrogen-bond donors (Lipinski definition) is 2. The van der Waals surface area contributed by atoms with Crippen molar-refractivity contribution in [2.24, 2.45) is 0 Å². The Hall–Kier alpha value is -3.05. The monoisotopic (exact) mass is 480 g/mol. The number of amides is 3. The summed E-state index contributed by atoms with van der Waals surface area (Å²) in [5.41, 5.74) is 0.308. The van der Waals surface area contributed by atoms with Crippen LogP contribution in [0.2, 0.25) is 0 Å². The Morgan fingerprint density at radius 2 is 1.69 bits per heavy atom. The number of carbonyl (C=O) groups excluding carboxylic acids is 4. The van der Waals surface area contributed by atoms with Crippen molar-refractivity contribution >= 4 is 52.0 Å². The van der Waals surface area contributed by atoms with E-state index in [1.807, 2.05) is 12.1 Å². The molecule has 2 rings (SSSR count). The van der Waals surface area contributed by atoms with Crippen molar-refractivity contribution < 1.29 is 33.4 Å². The number of hydrogen-bond acceptors (Lipinski definition) is 9. The van der Waals surface area contributed by atoms with Crippen molar-refractivity contribution in [1.29, 1.82) is 0 Å². The average molecular weight is 481 g/mol. The number of imide groups is 1. The Kier molecular flexibility index (Phi) is 9.54. The molecule has 172 valence electrons. The molecule has 0 spiro atoms. The van der Waals surface area contributed by atoms with Crippen LogP contribution in [0.25, 0.3) is 0 Å². The summed E-state index contributed by atoms with van der Waals surface area (Å²) in [4.78, 5) is 50.2. The molecule has 0 atom stereocenters. The quantitative estimate of drug-likeness (QED) is 0.410.